The molecule has 4 N–H and O–H groups in total. The number of ether oxygens (including phenoxy) is 2. The van der Waals surface area contributed by atoms with E-state index < -0.39 is 5.91 Å². The minimum absolute atomic E-state index is 0.0131. The quantitative estimate of drug-likeness (QED) is 0.692. The summed E-state index contributed by atoms with van der Waals surface area (Å²) in [6.45, 7) is 4.09. The van der Waals surface area contributed by atoms with Crippen LogP contribution in [0.25, 0.3) is 10.8 Å². The fourth-order valence-corrected chi connectivity index (χ4v) is 2.82. The summed E-state index contributed by atoms with van der Waals surface area (Å²) in [6, 6.07) is 5.18. The second kappa shape index (κ2) is 9.89. The molecule has 1 fully saturated rings. The molecule has 8 heteroatoms. The molecule has 1 atom stereocenters. The lowest BCUT2D eigenvalue weighted by atomic mass is 10.1. The summed E-state index contributed by atoms with van der Waals surface area (Å²) in [6.07, 6.45) is 2.77. The molecule has 1 aliphatic rings. The van der Waals surface area contributed by atoms with Gasteiger partial charge in [-0.1, -0.05) is 0 Å². The molecule has 0 spiro atoms. The molecule has 2 heterocycles. The van der Waals surface area contributed by atoms with Gasteiger partial charge in [-0.3, -0.25) is 9.59 Å². The minimum atomic E-state index is -0.550. The second-order valence-corrected chi connectivity index (χ2v) is 6.83. The third-order valence-corrected chi connectivity index (χ3v) is 3.96. The average molecular weight is 388 g/mol. The van der Waals surface area contributed by atoms with E-state index >= 15 is 0 Å². The molecule has 1 aromatic carbocycles. The molecule has 1 unspecified atom stereocenters. The number of nitrogens with one attached hydrogen (secondary N) is 2. The smallest absolute Gasteiger partial charge is 0.252 e. The van der Waals surface area contributed by atoms with Gasteiger partial charge in [-0.15, -0.1) is 0 Å². The van der Waals surface area contributed by atoms with Crippen LogP contribution in [0.1, 0.15) is 37.0 Å². The third kappa shape index (κ3) is 5.56. The molecule has 1 aliphatic heterocycles. The van der Waals surface area contributed by atoms with Crippen LogP contribution in [0.5, 0.6) is 11.6 Å². The van der Waals surface area contributed by atoms with Crippen molar-refractivity contribution in [1.82, 2.24) is 15.6 Å². The Balaban J connectivity index is 0.000000878. The first-order valence-electron chi connectivity index (χ1n) is 9.25. The van der Waals surface area contributed by atoms with Crippen molar-refractivity contribution in [3.8, 4) is 11.6 Å². The van der Waals surface area contributed by atoms with Gasteiger partial charge in [-0.05, 0) is 57.9 Å². The lowest BCUT2D eigenvalue weighted by molar-refractivity contribution is -0.119. The molecule has 3 rings (SSSR count). The van der Waals surface area contributed by atoms with E-state index in [1.807, 2.05) is 27.9 Å². The van der Waals surface area contributed by atoms with E-state index in [1.165, 1.54) is 0 Å². The zero-order chi connectivity index (χ0) is 20.7. The van der Waals surface area contributed by atoms with Gasteiger partial charge in [0, 0.05) is 18.0 Å². The molecule has 28 heavy (non-hydrogen) atoms. The van der Waals surface area contributed by atoms with Crippen molar-refractivity contribution < 1.29 is 19.1 Å². The highest BCUT2D eigenvalue weighted by Crippen LogP contribution is 2.31. The summed E-state index contributed by atoms with van der Waals surface area (Å²) in [5, 5.41) is 7.12. The summed E-state index contributed by atoms with van der Waals surface area (Å²) in [4.78, 5) is 27.3. The largest absolute Gasteiger partial charge is 0.490 e. The number of hydrogen-bond acceptors (Lipinski definition) is 6. The lowest BCUT2D eigenvalue weighted by Gasteiger charge is -2.16. The van der Waals surface area contributed by atoms with Crippen LogP contribution < -0.4 is 25.8 Å². The Hall–Kier alpha value is -2.87. The molecule has 2 amide bonds. The van der Waals surface area contributed by atoms with Crippen LogP contribution in [-0.2, 0) is 4.79 Å². The molecular formula is C20H28N4O4. The van der Waals surface area contributed by atoms with Crippen molar-refractivity contribution in [3.63, 3.8) is 0 Å². The number of benzene rings is 1. The topological polar surface area (TPSA) is 116 Å². The van der Waals surface area contributed by atoms with Crippen LogP contribution in [0.2, 0.25) is 0 Å². The fourth-order valence-electron chi connectivity index (χ4n) is 2.82. The number of rotatable bonds is 6. The number of carbonyl (C=O) groups excluding carboxylic acids is 2. The number of nitrogens with zero attached hydrogens (tertiary/aromatic N) is 1. The molecule has 1 saturated heterocycles. The Kier molecular flexibility index (Phi) is 7.57. The molecule has 0 saturated carbocycles. The van der Waals surface area contributed by atoms with E-state index in [9.17, 15) is 9.59 Å². The van der Waals surface area contributed by atoms with Gasteiger partial charge in [-0.25, -0.2) is 4.98 Å². The van der Waals surface area contributed by atoms with Gasteiger partial charge in [-0.2, -0.15) is 0 Å². The fraction of sp³-hybridized carbons (Fsp3) is 0.450. The normalized spacial score (nSPS) is 15.8. The van der Waals surface area contributed by atoms with E-state index in [1.54, 1.807) is 24.4 Å². The number of fused-ring (bicyclic) bond motifs is 1. The number of nitrogens with two attached hydrogens (primary N) is 1. The van der Waals surface area contributed by atoms with Crippen molar-refractivity contribution in [2.24, 2.45) is 5.73 Å². The van der Waals surface area contributed by atoms with Gasteiger partial charge in [0.1, 0.15) is 12.4 Å². The van der Waals surface area contributed by atoms with Gasteiger partial charge in [0.25, 0.3) is 5.91 Å². The summed E-state index contributed by atoms with van der Waals surface area (Å²) in [5.41, 5.74) is 5.79. The van der Waals surface area contributed by atoms with Crippen LogP contribution in [0.4, 0.5) is 0 Å². The molecular weight excluding hydrogens is 360 g/mol. The van der Waals surface area contributed by atoms with Gasteiger partial charge in [0.05, 0.1) is 17.7 Å². The van der Waals surface area contributed by atoms with E-state index in [4.69, 9.17) is 15.2 Å². The van der Waals surface area contributed by atoms with Gasteiger partial charge < -0.3 is 25.8 Å². The zero-order valence-corrected chi connectivity index (χ0v) is 16.7. The summed E-state index contributed by atoms with van der Waals surface area (Å²) in [5.74, 6) is 0.328. The van der Waals surface area contributed by atoms with Crippen LogP contribution in [0, 0.1) is 0 Å². The highest BCUT2D eigenvalue weighted by atomic mass is 16.5. The number of hydrogen-bond donors (Lipinski definition) is 3. The Morgan fingerprint density at radius 2 is 2.11 bits per heavy atom. The standard InChI is InChI=1S/C18H21N3O4.C2H7N/c1-10(2)25-15-8-13-11(7-14(15)17(19)23)5-6-20-18(13)24-9-12-3-4-16(22)21-12;1-3-2/h5-8,10,12H,3-4,9H2,1-2H3,(H2,19,23)(H,21,22);3H,1-2H3. The first kappa shape index (κ1) is 21.4. The lowest BCUT2D eigenvalue weighted by Crippen LogP contribution is -2.31. The highest BCUT2D eigenvalue weighted by Gasteiger charge is 2.22. The molecule has 0 bridgehead atoms. The van der Waals surface area contributed by atoms with E-state index in [0.29, 0.717) is 30.2 Å². The zero-order valence-electron chi connectivity index (χ0n) is 16.7. The maximum absolute atomic E-state index is 11.7. The van der Waals surface area contributed by atoms with Crippen LogP contribution in [0.3, 0.4) is 0 Å². The van der Waals surface area contributed by atoms with Crippen molar-refractivity contribution in [3.05, 3.63) is 30.0 Å². The first-order valence-corrected chi connectivity index (χ1v) is 9.25. The molecule has 2 aromatic rings. The molecule has 8 nitrogen and oxygen atoms in total. The number of carbonyl (C=O) groups is 2. The van der Waals surface area contributed by atoms with Crippen LogP contribution in [0.15, 0.2) is 24.4 Å². The summed E-state index contributed by atoms with van der Waals surface area (Å²) in [7, 11) is 3.75. The Morgan fingerprint density at radius 1 is 1.39 bits per heavy atom. The summed E-state index contributed by atoms with van der Waals surface area (Å²) < 4.78 is 11.5. The van der Waals surface area contributed by atoms with Crippen LogP contribution >= 0.6 is 0 Å². The first-order chi connectivity index (χ1) is 13.3. The van der Waals surface area contributed by atoms with Crippen molar-refractivity contribution in [1.29, 1.82) is 0 Å². The molecule has 1 aromatic heterocycles. The highest BCUT2D eigenvalue weighted by molar-refractivity contribution is 6.01. The van der Waals surface area contributed by atoms with Gasteiger partial charge in [0.2, 0.25) is 11.8 Å². The van der Waals surface area contributed by atoms with E-state index in [-0.39, 0.29) is 18.1 Å². The van der Waals surface area contributed by atoms with Gasteiger partial charge >= 0.3 is 0 Å². The summed E-state index contributed by atoms with van der Waals surface area (Å²) >= 11 is 0. The number of amides is 2. The van der Waals surface area contributed by atoms with Crippen molar-refractivity contribution in [2.75, 3.05) is 20.7 Å². The predicted molar refractivity (Wildman–Crippen MR) is 108 cm³/mol. The van der Waals surface area contributed by atoms with E-state index in [2.05, 4.69) is 15.6 Å². The van der Waals surface area contributed by atoms with E-state index in [0.717, 1.165) is 17.2 Å². The van der Waals surface area contributed by atoms with Crippen LogP contribution in [-0.4, -0.2) is 49.6 Å². The number of pyridine rings is 1. The van der Waals surface area contributed by atoms with Crippen molar-refractivity contribution in [2.45, 2.75) is 38.8 Å². The Bertz CT molecular complexity index is 838. The molecule has 0 aliphatic carbocycles. The average Bonchev–Trinajstić information content (AvgIpc) is 3.05. The maximum atomic E-state index is 11.7. The molecule has 152 valence electrons. The monoisotopic (exact) mass is 388 g/mol. The predicted octanol–water partition coefficient (Wildman–Crippen LogP) is 1.61. The minimum Gasteiger partial charge on any atom is -0.490 e. The number of primary amides is 1. The maximum Gasteiger partial charge on any atom is 0.252 e. The second-order valence-electron chi connectivity index (χ2n) is 6.83. The number of aromatic nitrogens is 1. The van der Waals surface area contributed by atoms with Gasteiger partial charge in [0.15, 0.2) is 0 Å². The SMILES string of the molecule is CC(C)Oc1cc2c(OCC3CCC(=O)N3)nccc2cc1C(N)=O.CNC. The Morgan fingerprint density at radius 3 is 2.68 bits per heavy atom. The molecule has 0 radical (unpaired) electrons. The Labute approximate surface area is 164 Å². The third-order valence-electron chi connectivity index (χ3n) is 3.96. The van der Waals surface area contributed by atoms with Crippen molar-refractivity contribution >= 4 is 22.6 Å².